The summed E-state index contributed by atoms with van der Waals surface area (Å²) in [7, 11) is 1.26. The van der Waals surface area contributed by atoms with E-state index in [9.17, 15) is 9.59 Å². The summed E-state index contributed by atoms with van der Waals surface area (Å²) >= 11 is 12.4. The zero-order valence-corrected chi connectivity index (χ0v) is 18.5. The van der Waals surface area contributed by atoms with E-state index in [0.717, 1.165) is 0 Å². The van der Waals surface area contributed by atoms with Gasteiger partial charge in [-0.05, 0) is 37.3 Å². The summed E-state index contributed by atoms with van der Waals surface area (Å²) in [6.45, 7) is 4.06. The van der Waals surface area contributed by atoms with Crippen LogP contribution in [0, 0.1) is 0 Å². The standard InChI is InChI=1S/C20H25Cl2N3O5/c1-4-30-20(27)18-15(11-29-10-9-23)25(24-22)12(2)16(19(26)28-3)17(18)13-7-5-6-8-14(13)21/h5-8,17,24H,4,9-11,23H2,1-3H3. The highest BCUT2D eigenvalue weighted by Gasteiger charge is 2.42. The van der Waals surface area contributed by atoms with Crippen LogP contribution in [0.15, 0.2) is 46.8 Å². The number of benzene rings is 1. The fraction of sp³-hybridized carbons (Fsp3) is 0.400. The second-order valence-corrected chi connectivity index (χ2v) is 6.86. The molecule has 10 heteroatoms. The Morgan fingerprint density at radius 2 is 1.93 bits per heavy atom. The maximum Gasteiger partial charge on any atom is 0.336 e. The van der Waals surface area contributed by atoms with Gasteiger partial charge in [-0.2, -0.15) is 0 Å². The average molecular weight is 458 g/mol. The molecule has 1 aliphatic rings. The highest BCUT2D eigenvalue weighted by molar-refractivity contribution is 6.31. The van der Waals surface area contributed by atoms with Crippen molar-refractivity contribution in [2.75, 3.05) is 33.5 Å². The SMILES string of the molecule is CCOC(=O)C1=C(COCCN)N(NCl)C(C)=C(C(=O)OC)C1c1ccccc1Cl. The second kappa shape index (κ2) is 11.3. The predicted molar refractivity (Wildman–Crippen MR) is 113 cm³/mol. The zero-order valence-electron chi connectivity index (χ0n) is 17.0. The van der Waals surface area contributed by atoms with Gasteiger partial charge in [0.2, 0.25) is 0 Å². The number of esters is 2. The first-order valence-corrected chi connectivity index (χ1v) is 10.1. The molecule has 0 aliphatic carbocycles. The fourth-order valence-electron chi connectivity index (χ4n) is 3.31. The molecule has 0 aromatic heterocycles. The van der Waals surface area contributed by atoms with Crippen LogP contribution < -0.4 is 10.7 Å². The minimum absolute atomic E-state index is 0.00217. The van der Waals surface area contributed by atoms with Gasteiger partial charge in [-0.3, -0.25) is 5.01 Å². The van der Waals surface area contributed by atoms with Gasteiger partial charge in [0.1, 0.15) is 0 Å². The number of nitrogens with zero attached hydrogens (tertiary/aromatic N) is 1. The Bertz CT molecular complexity index is 857. The van der Waals surface area contributed by atoms with E-state index in [0.29, 0.717) is 28.5 Å². The van der Waals surface area contributed by atoms with Crippen molar-refractivity contribution in [1.82, 2.24) is 9.95 Å². The molecule has 0 spiro atoms. The van der Waals surface area contributed by atoms with Gasteiger partial charge in [-0.15, -0.1) is 4.94 Å². The number of allylic oxidation sites excluding steroid dienone is 1. The molecule has 164 valence electrons. The summed E-state index contributed by atoms with van der Waals surface area (Å²) in [5, 5.41) is 1.78. The summed E-state index contributed by atoms with van der Waals surface area (Å²) in [5.41, 5.74) is 7.25. The van der Waals surface area contributed by atoms with Crippen LogP contribution in [0.3, 0.4) is 0 Å². The predicted octanol–water partition coefficient (Wildman–Crippen LogP) is 2.64. The van der Waals surface area contributed by atoms with Gasteiger partial charge in [0.15, 0.2) is 0 Å². The third-order valence-corrected chi connectivity index (χ3v) is 5.10. The number of halogens is 2. The van der Waals surface area contributed by atoms with Gasteiger partial charge in [-0.1, -0.05) is 29.8 Å². The summed E-state index contributed by atoms with van der Waals surface area (Å²) < 4.78 is 15.9. The highest BCUT2D eigenvalue weighted by Crippen LogP contribution is 2.44. The Balaban J connectivity index is 2.81. The lowest BCUT2D eigenvalue weighted by Gasteiger charge is -2.37. The van der Waals surface area contributed by atoms with E-state index < -0.39 is 17.9 Å². The number of hydrazine groups is 1. The van der Waals surface area contributed by atoms with Crippen molar-refractivity contribution in [3.8, 4) is 0 Å². The lowest BCUT2D eigenvalue weighted by Crippen LogP contribution is -2.41. The first-order chi connectivity index (χ1) is 14.4. The van der Waals surface area contributed by atoms with Crippen LogP contribution in [-0.4, -0.2) is 50.4 Å². The molecule has 30 heavy (non-hydrogen) atoms. The van der Waals surface area contributed by atoms with E-state index in [2.05, 4.69) is 4.94 Å². The van der Waals surface area contributed by atoms with Gasteiger partial charge in [0.05, 0.1) is 49.7 Å². The third-order valence-electron chi connectivity index (χ3n) is 4.59. The number of nitrogens with two attached hydrogens (primary N) is 1. The molecule has 1 aliphatic heterocycles. The molecule has 0 fully saturated rings. The number of ether oxygens (including phenoxy) is 3. The molecule has 8 nitrogen and oxygen atoms in total. The number of carbonyl (C=O) groups excluding carboxylic acids is 2. The lowest BCUT2D eigenvalue weighted by molar-refractivity contribution is -0.139. The molecule has 0 bridgehead atoms. The van der Waals surface area contributed by atoms with E-state index in [-0.39, 0.29) is 31.0 Å². The van der Waals surface area contributed by atoms with Crippen molar-refractivity contribution >= 4 is 35.3 Å². The molecular formula is C20H25Cl2N3O5. The molecule has 1 heterocycles. The van der Waals surface area contributed by atoms with Crippen LogP contribution in [-0.2, 0) is 23.8 Å². The number of hydrogen-bond acceptors (Lipinski definition) is 8. The second-order valence-electron chi connectivity index (χ2n) is 6.29. The minimum Gasteiger partial charge on any atom is -0.466 e. The zero-order chi connectivity index (χ0) is 22.3. The Labute approximate surface area is 185 Å². The van der Waals surface area contributed by atoms with Crippen LogP contribution in [0.5, 0.6) is 0 Å². The highest BCUT2D eigenvalue weighted by atomic mass is 35.5. The normalized spacial score (nSPS) is 16.7. The van der Waals surface area contributed by atoms with Gasteiger partial charge in [0.25, 0.3) is 0 Å². The van der Waals surface area contributed by atoms with Gasteiger partial charge >= 0.3 is 11.9 Å². The maximum atomic E-state index is 13.1. The molecule has 3 N–H and O–H groups in total. The topological polar surface area (TPSA) is 103 Å². The smallest absolute Gasteiger partial charge is 0.336 e. The Morgan fingerprint density at radius 3 is 2.50 bits per heavy atom. The molecule has 0 saturated carbocycles. The lowest BCUT2D eigenvalue weighted by atomic mass is 9.80. The minimum atomic E-state index is -0.844. The van der Waals surface area contributed by atoms with Crippen molar-refractivity contribution in [1.29, 1.82) is 0 Å². The van der Waals surface area contributed by atoms with Crippen molar-refractivity contribution in [3.05, 3.63) is 57.4 Å². The molecule has 0 amide bonds. The number of methoxy groups -OCH3 is 1. The van der Waals surface area contributed by atoms with Gasteiger partial charge < -0.3 is 19.9 Å². The van der Waals surface area contributed by atoms with Crippen LogP contribution in [0.4, 0.5) is 0 Å². The number of nitrogens with one attached hydrogen (secondary N) is 1. The molecule has 0 saturated heterocycles. The van der Waals surface area contributed by atoms with Crippen LogP contribution in [0.2, 0.25) is 5.02 Å². The Hall–Kier alpha value is -2.10. The third kappa shape index (κ3) is 4.96. The van der Waals surface area contributed by atoms with E-state index in [1.807, 2.05) is 0 Å². The van der Waals surface area contributed by atoms with Crippen LogP contribution in [0.25, 0.3) is 0 Å². The molecule has 1 aromatic rings. The average Bonchev–Trinajstić information content (AvgIpc) is 2.73. The summed E-state index contributed by atoms with van der Waals surface area (Å²) in [6.07, 6.45) is 0. The van der Waals surface area contributed by atoms with Crippen molar-refractivity contribution < 1.29 is 23.8 Å². The fourth-order valence-corrected chi connectivity index (χ4v) is 3.79. The number of carbonyl (C=O) groups is 2. The van der Waals surface area contributed by atoms with Crippen molar-refractivity contribution in [2.45, 2.75) is 19.8 Å². The van der Waals surface area contributed by atoms with E-state index in [1.165, 1.54) is 12.1 Å². The molecular weight excluding hydrogens is 433 g/mol. The first kappa shape index (κ1) is 24.2. The summed E-state index contributed by atoms with van der Waals surface area (Å²) in [6, 6.07) is 6.95. The summed E-state index contributed by atoms with van der Waals surface area (Å²) in [4.78, 5) is 28.4. The Morgan fingerprint density at radius 1 is 1.23 bits per heavy atom. The monoisotopic (exact) mass is 457 g/mol. The van der Waals surface area contributed by atoms with Crippen LogP contribution >= 0.6 is 23.4 Å². The molecule has 0 radical (unpaired) electrons. The van der Waals surface area contributed by atoms with E-state index in [1.54, 1.807) is 38.1 Å². The van der Waals surface area contributed by atoms with Crippen molar-refractivity contribution in [2.24, 2.45) is 5.73 Å². The van der Waals surface area contributed by atoms with Gasteiger partial charge in [-0.25, -0.2) is 9.59 Å². The van der Waals surface area contributed by atoms with E-state index >= 15 is 0 Å². The molecule has 2 rings (SSSR count). The molecule has 1 unspecified atom stereocenters. The quantitative estimate of drug-likeness (QED) is 0.331. The Kier molecular flexibility index (Phi) is 9.13. The maximum absolute atomic E-state index is 13.1. The number of hydrogen-bond donors (Lipinski definition) is 2. The number of rotatable bonds is 9. The molecule has 1 atom stereocenters. The molecule has 1 aromatic carbocycles. The summed E-state index contributed by atoms with van der Waals surface area (Å²) in [5.74, 6) is -2.10. The van der Waals surface area contributed by atoms with Gasteiger partial charge in [0, 0.05) is 17.3 Å². The largest absolute Gasteiger partial charge is 0.466 e. The first-order valence-electron chi connectivity index (χ1n) is 9.30. The van der Waals surface area contributed by atoms with Crippen LogP contribution in [0.1, 0.15) is 25.3 Å². The van der Waals surface area contributed by atoms with E-state index in [4.69, 9.17) is 43.3 Å². The van der Waals surface area contributed by atoms with Crippen molar-refractivity contribution in [3.63, 3.8) is 0 Å².